The van der Waals surface area contributed by atoms with Gasteiger partial charge in [0.05, 0.1) is 6.20 Å². The Bertz CT molecular complexity index is 410. The van der Waals surface area contributed by atoms with Crippen LogP contribution < -0.4 is 10.6 Å². The second-order valence-electron chi connectivity index (χ2n) is 4.38. The summed E-state index contributed by atoms with van der Waals surface area (Å²) in [6.45, 7) is 5.58. The van der Waals surface area contributed by atoms with Crippen LogP contribution >= 0.6 is 11.6 Å². The largest absolute Gasteiger partial charge is 0.409 e. The van der Waals surface area contributed by atoms with E-state index in [2.05, 4.69) is 29.0 Å². The molecule has 7 heteroatoms. The van der Waals surface area contributed by atoms with Crippen molar-refractivity contribution in [3.05, 3.63) is 17.5 Å². The van der Waals surface area contributed by atoms with Crippen LogP contribution in [0.4, 0.5) is 5.82 Å². The lowest BCUT2D eigenvalue weighted by Gasteiger charge is -2.25. The summed E-state index contributed by atoms with van der Waals surface area (Å²) < 4.78 is 0. The van der Waals surface area contributed by atoms with E-state index in [9.17, 15) is 0 Å². The van der Waals surface area contributed by atoms with Crippen LogP contribution in [0.1, 0.15) is 20.3 Å². The molecule has 1 aromatic rings. The first kappa shape index (κ1) is 14.5. The Morgan fingerprint density at radius 1 is 1.61 bits per heavy atom. The molecule has 0 saturated carbocycles. The van der Waals surface area contributed by atoms with Crippen LogP contribution in [0.2, 0.25) is 5.02 Å². The number of hydrogen-bond donors (Lipinski definition) is 2. The number of oxime groups is 1. The zero-order valence-electron chi connectivity index (χ0n) is 10.5. The molecule has 0 bridgehead atoms. The van der Waals surface area contributed by atoms with E-state index in [-0.39, 0.29) is 5.84 Å². The Morgan fingerprint density at radius 2 is 2.33 bits per heavy atom. The van der Waals surface area contributed by atoms with Crippen molar-refractivity contribution >= 4 is 23.3 Å². The Morgan fingerprint density at radius 3 is 2.89 bits per heavy atom. The lowest BCUT2D eigenvalue weighted by Crippen LogP contribution is -2.32. The minimum atomic E-state index is 0.189. The highest BCUT2D eigenvalue weighted by Gasteiger charge is 2.14. The Balaban J connectivity index is 2.81. The molecule has 0 fully saturated rings. The van der Waals surface area contributed by atoms with Gasteiger partial charge in [0, 0.05) is 19.5 Å². The molecule has 1 rings (SSSR count). The lowest BCUT2D eigenvalue weighted by atomic mass is 10.2. The molecule has 0 radical (unpaired) electrons. The van der Waals surface area contributed by atoms with Crippen LogP contribution in [0.15, 0.2) is 17.7 Å². The van der Waals surface area contributed by atoms with Crippen LogP contribution in [-0.4, -0.2) is 34.1 Å². The fourth-order valence-corrected chi connectivity index (χ4v) is 1.79. The average Bonchev–Trinajstić information content (AvgIpc) is 2.34. The molecule has 3 N–H and O–H groups in total. The maximum atomic E-state index is 8.55. The molecule has 100 valence electrons. The molecule has 0 aromatic carbocycles. The Hall–Kier alpha value is -1.56. The van der Waals surface area contributed by atoms with Crippen LogP contribution in [0.3, 0.4) is 0 Å². The molecule has 0 unspecified atom stereocenters. The smallest absolute Gasteiger partial charge is 0.150 e. The van der Waals surface area contributed by atoms with Crippen molar-refractivity contribution in [2.75, 3.05) is 18.0 Å². The third-order valence-electron chi connectivity index (χ3n) is 2.30. The summed E-state index contributed by atoms with van der Waals surface area (Å²) in [5, 5.41) is 12.0. The second-order valence-corrected chi connectivity index (χ2v) is 4.78. The van der Waals surface area contributed by atoms with Crippen LogP contribution in [0.25, 0.3) is 0 Å². The first-order valence-corrected chi connectivity index (χ1v) is 6.09. The molecule has 1 aromatic heterocycles. The Kier molecular flexibility index (Phi) is 5.64. The number of hydrogen-bond acceptors (Lipinski definition) is 5. The van der Waals surface area contributed by atoms with E-state index in [4.69, 9.17) is 22.5 Å². The molecule has 0 spiro atoms. The highest BCUT2D eigenvalue weighted by Crippen LogP contribution is 2.22. The second kappa shape index (κ2) is 7.00. The van der Waals surface area contributed by atoms with Crippen molar-refractivity contribution in [3.63, 3.8) is 0 Å². The highest BCUT2D eigenvalue weighted by atomic mass is 35.5. The first-order chi connectivity index (χ1) is 8.54. The van der Waals surface area contributed by atoms with Crippen molar-refractivity contribution in [3.8, 4) is 0 Å². The minimum Gasteiger partial charge on any atom is -0.409 e. The predicted octanol–water partition coefficient (Wildman–Crippen LogP) is 1.73. The number of anilines is 1. The number of amidine groups is 1. The normalized spacial score (nSPS) is 11.9. The molecular formula is C11H18ClN5O. The van der Waals surface area contributed by atoms with E-state index in [0.717, 1.165) is 6.54 Å². The number of rotatable bonds is 6. The quantitative estimate of drug-likeness (QED) is 0.356. The van der Waals surface area contributed by atoms with Gasteiger partial charge in [-0.05, 0) is 5.92 Å². The molecule has 0 amide bonds. The van der Waals surface area contributed by atoms with Crippen LogP contribution in [-0.2, 0) is 0 Å². The van der Waals surface area contributed by atoms with E-state index in [1.807, 2.05) is 4.90 Å². The number of nitrogens with zero attached hydrogens (tertiary/aromatic N) is 4. The maximum absolute atomic E-state index is 8.55. The van der Waals surface area contributed by atoms with Gasteiger partial charge in [0.15, 0.2) is 5.82 Å². The first-order valence-electron chi connectivity index (χ1n) is 5.71. The third kappa shape index (κ3) is 4.37. The van der Waals surface area contributed by atoms with Gasteiger partial charge in [-0.15, -0.1) is 0 Å². The van der Waals surface area contributed by atoms with Crippen molar-refractivity contribution in [1.29, 1.82) is 0 Å². The fraction of sp³-hybridized carbons (Fsp3) is 0.545. The molecule has 0 saturated heterocycles. The summed E-state index contributed by atoms with van der Waals surface area (Å²) >= 11 is 6.07. The molecule has 1 heterocycles. The van der Waals surface area contributed by atoms with Crippen molar-refractivity contribution in [1.82, 2.24) is 9.97 Å². The summed E-state index contributed by atoms with van der Waals surface area (Å²) in [6, 6.07) is 0. The molecular weight excluding hydrogens is 254 g/mol. The van der Waals surface area contributed by atoms with Crippen molar-refractivity contribution in [2.24, 2.45) is 16.8 Å². The molecule has 0 aliphatic carbocycles. The summed E-state index contributed by atoms with van der Waals surface area (Å²) in [5.74, 6) is 1.31. The van der Waals surface area contributed by atoms with Gasteiger partial charge in [-0.2, -0.15) is 0 Å². The zero-order valence-corrected chi connectivity index (χ0v) is 11.3. The summed E-state index contributed by atoms with van der Waals surface area (Å²) in [4.78, 5) is 10.0. The molecule has 0 aliphatic rings. The van der Waals surface area contributed by atoms with Gasteiger partial charge in [0.1, 0.15) is 17.2 Å². The number of aromatic nitrogens is 2. The minimum absolute atomic E-state index is 0.189. The van der Waals surface area contributed by atoms with E-state index in [1.165, 1.54) is 6.33 Å². The highest BCUT2D eigenvalue weighted by molar-refractivity contribution is 6.32. The van der Waals surface area contributed by atoms with Crippen molar-refractivity contribution < 1.29 is 5.21 Å². The summed E-state index contributed by atoms with van der Waals surface area (Å²) in [6.07, 6.45) is 3.46. The molecule has 18 heavy (non-hydrogen) atoms. The average molecular weight is 272 g/mol. The van der Waals surface area contributed by atoms with Gasteiger partial charge in [-0.1, -0.05) is 30.6 Å². The summed E-state index contributed by atoms with van der Waals surface area (Å²) in [7, 11) is 0. The number of nitrogens with two attached hydrogens (primary N) is 1. The van der Waals surface area contributed by atoms with E-state index >= 15 is 0 Å². The van der Waals surface area contributed by atoms with Gasteiger partial charge in [0.25, 0.3) is 0 Å². The van der Waals surface area contributed by atoms with E-state index in [0.29, 0.717) is 29.7 Å². The standard InChI is InChI=1S/C11H18ClN5O/c1-8(2)6-17(4-3-10(13)16-18)11-9(12)5-14-7-15-11/h5,7-8,18H,3-4,6H2,1-2H3,(H2,13,16). The Labute approximate surface area is 111 Å². The fourth-order valence-electron chi connectivity index (χ4n) is 1.56. The summed E-state index contributed by atoms with van der Waals surface area (Å²) in [5.41, 5.74) is 5.48. The van der Waals surface area contributed by atoms with Gasteiger partial charge in [-0.3, -0.25) is 0 Å². The van der Waals surface area contributed by atoms with E-state index in [1.54, 1.807) is 6.20 Å². The van der Waals surface area contributed by atoms with Gasteiger partial charge in [-0.25, -0.2) is 9.97 Å². The molecule has 6 nitrogen and oxygen atoms in total. The van der Waals surface area contributed by atoms with Crippen molar-refractivity contribution in [2.45, 2.75) is 20.3 Å². The monoisotopic (exact) mass is 271 g/mol. The predicted molar refractivity (Wildman–Crippen MR) is 72.1 cm³/mol. The third-order valence-corrected chi connectivity index (χ3v) is 2.57. The maximum Gasteiger partial charge on any atom is 0.150 e. The topological polar surface area (TPSA) is 87.6 Å². The van der Waals surface area contributed by atoms with Crippen LogP contribution in [0.5, 0.6) is 0 Å². The molecule has 0 aliphatic heterocycles. The zero-order chi connectivity index (χ0) is 13.5. The lowest BCUT2D eigenvalue weighted by molar-refractivity contribution is 0.317. The SMILES string of the molecule is CC(C)CN(CCC(N)=NO)c1ncncc1Cl. The van der Waals surface area contributed by atoms with Gasteiger partial charge >= 0.3 is 0 Å². The van der Waals surface area contributed by atoms with E-state index < -0.39 is 0 Å². The van der Waals surface area contributed by atoms with Gasteiger partial charge < -0.3 is 15.8 Å². The number of halogens is 1. The van der Waals surface area contributed by atoms with Gasteiger partial charge in [0.2, 0.25) is 0 Å². The van der Waals surface area contributed by atoms with Crippen LogP contribution in [0, 0.1) is 5.92 Å². The molecule has 0 atom stereocenters.